The molecule has 0 atom stereocenters. The topological polar surface area (TPSA) is 25.8 Å². The summed E-state index contributed by atoms with van der Waals surface area (Å²) in [5.41, 5.74) is 2.12. The van der Waals surface area contributed by atoms with Crippen LogP contribution >= 0.6 is 22.9 Å². The second-order valence-electron chi connectivity index (χ2n) is 2.30. The van der Waals surface area contributed by atoms with Crippen LogP contribution in [0.3, 0.4) is 0 Å². The summed E-state index contributed by atoms with van der Waals surface area (Å²) < 4.78 is 1.10. The van der Waals surface area contributed by atoms with Gasteiger partial charge in [-0.25, -0.2) is 0 Å². The molecule has 2 aromatic heterocycles. The molecule has 0 spiro atoms. The van der Waals surface area contributed by atoms with Crippen LogP contribution in [-0.4, -0.2) is 10.2 Å². The molecular weight excluding hydrogens is 180 g/mol. The van der Waals surface area contributed by atoms with Crippen molar-refractivity contribution in [2.75, 3.05) is 0 Å². The fourth-order valence-electron chi connectivity index (χ4n) is 0.923. The van der Waals surface area contributed by atoms with Crippen molar-refractivity contribution in [1.82, 2.24) is 10.2 Å². The predicted octanol–water partition coefficient (Wildman–Crippen LogP) is 2.65. The van der Waals surface area contributed by atoms with Gasteiger partial charge in [0.1, 0.15) is 5.52 Å². The fourth-order valence-corrected chi connectivity index (χ4v) is 2.04. The van der Waals surface area contributed by atoms with Crippen LogP contribution in [0, 0.1) is 6.92 Å². The summed E-state index contributed by atoms with van der Waals surface area (Å²) in [5, 5.41) is 10.2. The highest BCUT2D eigenvalue weighted by Crippen LogP contribution is 2.23. The van der Waals surface area contributed by atoms with Gasteiger partial charge in [-0.1, -0.05) is 11.6 Å². The minimum Gasteiger partial charge on any atom is -0.148 e. The first kappa shape index (κ1) is 7.00. The highest BCUT2D eigenvalue weighted by molar-refractivity contribution is 7.17. The summed E-state index contributed by atoms with van der Waals surface area (Å²) in [6, 6.07) is 1.83. The van der Waals surface area contributed by atoms with Crippen molar-refractivity contribution in [2.45, 2.75) is 6.92 Å². The Balaban J connectivity index is 2.86. The molecule has 2 nitrogen and oxygen atoms in total. The van der Waals surface area contributed by atoms with Crippen LogP contribution < -0.4 is 0 Å². The number of rotatable bonds is 0. The predicted molar refractivity (Wildman–Crippen MR) is 47.2 cm³/mol. The normalized spacial score (nSPS) is 10.7. The zero-order valence-corrected chi connectivity index (χ0v) is 7.41. The second kappa shape index (κ2) is 2.43. The number of hydrogen-bond acceptors (Lipinski definition) is 3. The van der Waals surface area contributed by atoms with E-state index >= 15 is 0 Å². The molecule has 0 radical (unpaired) electrons. The number of aromatic nitrogens is 2. The van der Waals surface area contributed by atoms with Crippen LogP contribution in [0.5, 0.6) is 0 Å². The summed E-state index contributed by atoms with van der Waals surface area (Å²) in [6.07, 6.45) is 0. The first-order valence-corrected chi connectivity index (χ1v) is 4.40. The SMILES string of the molecule is Cc1csc2cc(Cl)nnc12. The van der Waals surface area contributed by atoms with E-state index in [4.69, 9.17) is 11.6 Å². The summed E-state index contributed by atoms with van der Waals surface area (Å²) in [7, 11) is 0. The quantitative estimate of drug-likeness (QED) is 0.629. The van der Waals surface area contributed by atoms with Crippen LogP contribution in [-0.2, 0) is 0 Å². The van der Waals surface area contributed by atoms with Crippen LogP contribution in [0.1, 0.15) is 5.56 Å². The lowest BCUT2D eigenvalue weighted by atomic mass is 10.3. The molecule has 0 aliphatic carbocycles. The Hall–Kier alpha value is -0.670. The third kappa shape index (κ3) is 1.10. The van der Waals surface area contributed by atoms with Gasteiger partial charge in [-0.05, 0) is 23.9 Å². The monoisotopic (exact) mass is 184 g/mol. The molecule has 0 saturated carbocycles. The molecule has 0 aliphatic heterocycles. The Morgan fingerprint density at radius 3 is 3.09 bits per heavy atom. The van der Waals surface area contributed by atoms with Gasteiger partial charge in [0.05, 0.1) is 4.70 Å². The van der Waals surface area contributed by atoms with E-state index in [0.717, 1.165) is 15.8 Å². The molecule has 0 saturated heterocycles. The van der Waals surface area contributed by atoms with Crippen LogP contribution in [0.4, 0.5) is 0 Å². The first-order chi connectivity index (χ1) is 5.27. The van der Waals surface area contributed by atoms with Crippen molar-refractivity contribution in [3.05, 3.63) is 22.2 Å². The molecule has 0 N–H and O–H groups in total. The number of thiophene rings is 1. The van der Waals surface area contributed by atoms with E-state index in [1.807, 2.05) is 13.0 Å². The van der Waals surface area contributed by atoms with Crippen LogP contribution in [0.2, 0.25) is 5.15 Å². The summed E-state index contributed by atoms with van der Waals surface area (Å²) in [4.78, 5) is 0. The Bertz CT molecular complexity index is 396. The molecule has 0 aliphatic rings. The summed E-state index contributed by atoms with van der Waals surface area (Å²) in [6.45, 7) is 2.02. The summed E-state index contributed by atoms with van der Waals surface area (Å²) in [5.74, 6) is 0. The lowest BCUT2D eigenvalue weighted by Crippen LogP contribution is -1.81. The zero-order valence-electron chi connectivity index (χ0n) is 5.84. The molecule has 0 bridgehead atoms. The van der Waals surface area contributed by atoms with Crippen molar-refractivity contribution < 1.29 is 0 Å². The van der Waals surface area contributed by atoms with E-state index in [1.165, 1.54) is 0 Å². The molecule has 0 aromatic carbocycles. The average Bonchev–Trinajstić information content (AvgIpc) is 2.32. The number of fused-ring (bicyclic) bond motifs is 1. The van der Waals surface area contributed by atoms with Gasteiger partial charge in [0.15, 0.2) is 5.15 Å². The van der Waals surface area contributed by atoms with Crippen molar-refractivity contribution in [3.8, 4) is 0 Å². The minimum atomic E-state index is 0.458. The number of aryl methyl sites for hydroxylation is 1. The molecule has 0 unspecified atom stereocenters. The molecule has 11 heavy (non-hydrogen) atoms. The van der Waals surface area contributed by atoms with E-state index in [0.29, 0.717) is 5.15 Å². The first-order valence-electron chi connectivity index (χ1n) is 3.14. The molecule has 2 rings (SSSR count). The Morgan fingerprint density at radius 2 is 2.27 bits per heavy atom. The highest BCUT2D eigenvalue weighted by Gasteiger charge is 2.01. The van der Waals surface area contributed by atoms with Crippen molar-refractivity contribution in [3.63, 3.8) is 0 Å². The maximum Gasteiger partial charge on any atom is 0.153 e. The average molecular weight is 185 g/mol. The number of nitrogens with zero attached hydrogens (tertiary/aromatic N) is 2. The van der Waals surface area contributed by atoms with Gasteiger partial charge in [-0.2, -0.15) is 0 Å². The number of hydrogen-bond donors (Lipinski definition) is 0. The lowest BCUT2D eigenvalue weighted by Gasteiger charge is -1.88. The van der Waals surface area contributed by atoms with Gasteiger partial charge in [-0.3, -0.25) is 0 Å². The molecule has 2 aromatic rings. The largest absolute Gasteiger partial charge is 0.153 e. The van der Waals surface area contributed by atoms with E-state index in [1.54, 1.807) is 11.3 Å². The van der Waals surface area contributed by atoms with Gasteiger partial charge in [0.2, 0.25) is 0 Å². The standard InChI is InChI=1S/C7H5ClN2S/c1-4-3-11-5-2-6(8)9-10-7(4)5/h2-3H,1H3. The van der Waals surface area contributed by atoms with E-state index in [-0.39, 0.29) is 0 Å². The summed E-state index contributed by atoms with van der Waals surface area (Å²) >= 11 is 7.30. The number of halogens is 1. The zero-order chi connectivity index (χ0) is 7.84. The molecule has 0 amide bonds. The van der Waals surface area contributed by atoms with E-state index in [2.05, 4.69) is 15.6 Å². The van der Waals surface area contributed by atoms with E-state index in [9.17, 15) is 0 Å². The molecular formula is C7H5ClN2S. The highest BCUT2D eigenvalue weighted by atomic mass is 35.5. The third-order valence-corrected chi connectivity index (χ3v) is 2.69. The smallest absolute Gasteiger partial charge is 0.148 e. The lowest BCUT2D eigenvalue weighted by molar-refractivity contribution is 1.07. The van der Waals surface area contributed by atoms with Crippen molar-refractivity contribution in [1.29, 1.82) is 0 Å². The molecule has 0 fully saturated rings. The van der Waals surface area contributed by atoms with Crippen molar-refractivity contribution >= 4 is 33.2 Å². The third-order valence-electron chi connectivity index (χ3n) is 1.47. The minimum absolute atomic E-state index is 0.458. The Morgan fingerprint density at radius 1 is 1.45 bits per heavy atom. The molecule has 2 heterocycles. The van der Waals surface area contributed by atoms with Crippen LogP contribution in [0.15, 0.2) is 11.4 Å². The second-order valence-corrected chi connectivity index (χ2v) is 3.60. The van der Waals surface area contributed by atoms with Gasteiger partial charge >= 0.3 is 0 Å². The van der Waals surface area contributed by atoms with Crippen LogP contribution in [0.25, 0.3) is 10.2 Å². The van der Waals surface area contributed by atoms with Crippen molar-refractivity contribution in [2.24, 2.45) is 0 Å². The Kier molecular flexibility index (Phi) is 1.55. The van der Waals surface area contributed by atoms with Gasteiger partial charge < -0.3 is 0 Å². The van der Waals surface area contributed by atoms with Gasteiger partial charge in [0.25, 0.3) is 0 Å². The van der Waals surface area contributed by atoms with Gasteiger partial charge in [-0.15, -0.1) is 21.5 Å². The maximum atomic E-state index is 5.66. The van der Waals surface area contributed by atoms with E-state index < -0.39 is 0 Å². The maximum absolute atomic E-state index is 5.66. The Labute approximate surface area is 72.8 Å². The molecule has 4 heteroatoms. The molecule has 56 valence electrons. The fraction of sp³-hybridized carbons (Fsp3) is 0.143. The van der Waals surface area contributed by atoms with Gasteiger partial charge in [0, 0.05) is 0 Å².